The van der Waals surface area contributed by atoms with Crippen LogP contribution in [0.2, 0.25) is 0 Å². The molecule has 1 amide bonds. The summed E-state index contributed by atoms with van der Waals surface area (Å²) in [5.74, 6) is -0.107. The standard InChI is InChI=1S/C21H19N3O2S2/c1-11-6-8-14(9-7-11)19-23-20-17(21(26)24(19)12(2)18(22)25)16(13(3)28-20)15-5-4-10-27-15/h4-10,12H,1-3H3,(H2,22,25). The van der Waals surface area contributed by atoms with Gasteiger partial charge in [0, 0.05) is 20.9 Å². The van der Waals surface area contributed by atoms with Gasteiger partial charge in [-0.05, 0) is 32.2 Å². The summed E-state index contributed by atoms with van der Waals surface area (Å²) >= 11 is 3.08. The average Bonchev–Trinajstić information content (AvgIpc) is 3.28. The monoisotopic (exact) mass is 409 g/mol. The molecule has 1 unspecified atom stereocenters. The highest BCUT2D eigenvalue weighted by Crippen LogP contribution is 2.39. The molecule has 142 valence electrons. The molecule has 28 heavy (non-hydrogen) atoms. The van der Waals surface area contributed by atoms with E-state index in [1.807, 2.05) is 55.6 Å². The van der Waals surface area contributed by atoms with Gasteiger partial charge in [-0.25, -0.2) is 4.98 Å². The molecule has 0 saturated carbocycles. The zero-order valence-corrected chi connectivity index (χ0v) is 17.4. The zero-order valence-electron chi connectivity index (χ0n) is 15.7. The lowest BCUT2D eigenvalue weighted by atomic mass is 10.1. The van der Waals surface area contributed by atoms with Crippen LogP contribution in [0.3, 0.4) is 0 Å². The molecular formula is C21H19N3O2S2. The van der Waals surface area contributed by atoms with Crippen molar-refractivity contribution in [3.63, 3.8) is 0 Å². The number of primary amides is 1. The quantitative estimate of drug-likeness (QED) is 0.538. The number of thiophene rings is 2. The number of fused-ring (bicyclic) bond motifs is 1. The van der Waals surface area contributed by atoms with E-state index < -0.39 is 11.9 Å². The summed E-state index contributed by atoms with van der Waals surface area (Å²) in [6.07, 6.45) is 0. The van der Waals surface area contributed by atoms with E-state index in [1.165, 1.54) is 15.9 Å². The fourth-order valence-corrected chi connectivity index (χ4v) is 5.21. The number of amides is 1. The number of nitrogens with two attached hydrogens (primary N) is 1. The van der Waals surface area contributed by atoms with E-state index in [0.29, 0.717) is 16.0 Å². The van der Waals surface area contributed by atoms with Gasteiger partial charge >= 0.3 is 0 Å². The van der Waals surface area contributed by atoms with Crippen LogP contribution in [-0.4, -0.2) is 15.5 Å². The third-order valence-electron chi connectivity index (χ3n) is 4.81. The van der Waals surface area contributed by atoms with Crippen molar-refractivity contribution in [2.75, 3.05) is 0 Å². The van der Waals surface area contributed by atoms with Crippen molar-refractivity contribution in [2.24, 2.45) is 5.73 Å². The first-order valence-corrected chi connectivity index (χ1v) is 10.5. The van der Waals surface area contributed by atoms with Crippen LogP contribution in [0, 0.1) is 13.8 Å². The molecule has 0 bridgehead atoms. The van der Waals surface area contributed by atoms with Gasteiger partial charge in [-0.1, -0.05) is 35.9 Å². The normalized spacial score (nSPS) is 12.4. The van der Waals surface area contributed by atoms with Gasteiger partial charge in [0.05, 0.1) is 5.39 Å². The highest BCUT2D eigenvalue weighted by molar-refractivity contribution is 7.20. The lowest BCUT2D eigenvalue weighted by molar-refractivity contribution is -0.120. The molecule has 0 aliphatic rings. The molecule has 0 spiro atoms. The van der Waals surface area contributed by atoms with Gasteiger partial charge in [0.25, 0.3) is 5.56 Å². The number of rotatable bonds is 4. The Morgan fingerprint density at radius 3 is 2.50 bits per heavy atom. The van der Waals surface area contributed by atoms with Crippen molar-refractivity contribution in [2.45, 2.75) is 26.8 Å². The second-order valence-corrected chi connectivity index (χ2v) is 8.90. The molecule has 0 saturated heterocycles. The van der Waals surface area contributed by atoms with Crippen LogP contribution in [0.4, 0.5) is 0 Å². The van der Waals surface area contributed by atoms with Crippen LogP contribution in [-0.2, 0) is 4.79 Å². The highest BCUT2D eigenvalue weighted by Gasteiger charge is 2.25. The Balaban J connectivity index is 2.10. The van der Waals surface area contributed by atoms with Gasteiger partial charge in [-0.15, -0.1) is 22.7 Å². The van der Waals surface area contributed by atoms with Crippen molar-refractivity contribution in [3.05, 3.63) is 62.6 Å². The zero-order chi connectivity index (χ0) is 20.0. The Hall–Kier alpha value is -2.77. The van der Waals surface area contributed by atoms with E-state index in [1.54, 1.807) is 18.3 Å². The maximum Gasteiger partial charge on any atom is 0.263 e. The summed E-state index contributed by atoms with van der Waals surface area (Å²) in [5.41, 5.74) is 8.11. The fourth-order valence-electron chi connectivity index (χ4n) is 3.28. The SMILES string of the molecule is Cc1ccc(-c2nc3sc(C)c(-c4cccs4)c3c(=O)n2C(C)C(N)=O)cc1. The predicted molar refractivity (Wildman–Crippen MR) is 116 cm³/mol. The minimum Gasteiger partial charge on any atom is -0.368 e. The predicted octanol–water partition coefficient (Wildman–Crippen LogP) is 4.52. The molecule has 2 N–H and O–H groups in total. The molecule has 4 rings (SSSR count). The van der Waals surface area contributed by atoms with E-state index in [9.17, 15) is 9.59 Å². The van der Waals surface area contributed by atoms with Crippen molar-refractivity contribution in [1.82, 2.24) is 9.55 Å². The first kappa shape index (κ1) is 18.6. The molecule has 3 heterocycles. The fraction of sp³-hybridized carbons (Fsp3) is 0.190. The number of nitrogens with zero attached hydrogens (tertiary/aromatic N) is 2. The number of aromatic nitrogens is 2. The molecule has 0 aliphatic carbocycles. The smallest absolute Gasteiger partial charge is 0.263 e. The summed E-state index contributed by atoms with van der Waals surface area (Å²) in [6, 6.07) is 10.9. The topological polar surface area (TPSA) is 78.0 Å². The van der Waals surface area contributed by atoms with Crippen molar-refractivity contribution < 1.29 is 4.79 Å². The van der Waals surface area contributed by atoms with E-state index >= 15 is 0 Å². The Labute approximate surface area is 170 Å². The second-order valence-electron chi connectivity index (χ2n) is 6.75. The minimum atomic E-state index is -0.808. The van der Waals surface area contributed by atoms with Gasteiger partial charge in [-0.3, -0.25) is 14.2 Å². The van der Waals surface area contributed by atoms with Crippen LogP contribution in [0.1, 0.15) is 23.4 Å². The lowest BCUT2D eigenvalue weighted by Crippen LogP contribution is -2.33. The van der Waals surface area contributed by atoms with Gasteiger partial charge in [0.15, 0.2) is 0 Å². The number of carbonyl (C=O) groups excluding carboxylic acids is 1. The molecule has 1 aromatic carbocycles. The largest absolute Gasteiger partial charge is 0.368 e. The number of hydrogen-bond donors (Lipinski definition) is 1. The summed E-state index contributed by atoms with van der Waals surface area (Å²) in [4.78, 5) is 33.1. The van der Waals surface area contributed by atoms with Gasteiger partial charge < -0.3 is 5.73 Å². The lowest BCUT2D eigenvalue weighted by Gasteiger charge is -2.17. The molecule has 1 atom stereocenters. The molecule has 3 aromatic heterocycles. The number of benzene rings is 1. The van der Waals surface area contributed by atoms with Crippen LogP contribution in [0.5, 0.6) is 0 Å². The summed E-state index contributed by atoms with van der Waals surface area (Å²) in [5, 5.41) is 2.53. The maximum absolute atomic E-state index is 13.6. The number of hydrogen-bond acceptors (Lipinski definition) is 5. The molecule has 7 heteroatoms. The maximum atomic E-state index is 13.6. The third kappa shape index (κ3) is 2.96. The van der Waals surface area contributed by atoms with Crippen LogP contribution in [0.25, 0.3) is 32.0 Å². The summed E-state index contributed by atoms with van der Waals surface area (Å²) in [7, 11) is 0. The van der Waals surface area contributed by atoms with Gasteiger partial charge in [-0.2, -0.15) is 0 Å². The van der Waals surface area contributed by atoms with E-state index in [2.05, 4.69) is 0 Å². The van der Waals surface area contributed by atoms with Crippen molar-refractivity contribution >= 4 is 38.8 Å². The molecule has 0 radical (unpaired) electrons. The average molecular weight is 410 g/mol. The van der Waals surface area contributed by atoms with Crippen LogP contribution >= 0.6 is 22.7 Å². The molecule has 4 aromatic rings. The Morgan fingerprint density at radius 2 is 1.89 bits per heavy atom. The first-order valence-electron chi connectivity index (χ1n) is 8.84. The van der Waals surface area contributed by atoms with Crippen LogP contribution < -0.4 is 11.3 Å². The molecule has 5 nitrogen and oxygen atoms in total. The molecule has 0 fully saturated rings. The first-order chi connectivity index (χ1) is 13.4. The van der Waals surface area contributed by atoms with Gasteiger partial charge in [0.2, 0.25) is 5.91 Å². The molecule has 0 aliphatic heterocycles. The van der Waals surface area contributed by atoms with E-state index in [4.69, 9.17) is 10.7 Å². The Bertz CT molecular complexity index is 1240. The number of carbonyl (C=O) groups is 1. The summed E-state index contributed by atoms with van der Waals surface area (Å²) in [6.45, 7) is 5.63. The number of aryl methyl sites for hydroxylation is 2. The highest BCUT2D eigenvalue weighted by atomic mass is 32.1. The van der Waals surface area contributed by atoms with Crippen molar-refractivity contribution in [1.29, 1.82) is 0 Å². The summed E-state index contributed by atoms with van der Waals surface area (Å²) < 4.78 is 1.43. The second kappa shape index (κ2) is 7.00. The van der Waals surface area contributed by atoms with Crippen molar-refractivity contribution in [3.8, 4) is 21.8 Å². The Morgan fingerprint density at radius 1 is 1.18 bits per heavy atom. The van der Waals surface area contributed by atoms with Crippen LogP contribution in [0.15, 0.2) is 46.6 Å². The molecular weight excluding hydrogens is 390 g/mol. The minimum absolute atomic E-state index is 0.236. The third-order valence-corrected chi connectivity index (χ3v) is 6.70. The van der Waals surface area contributed by atoms with E-state index in [0.717, 1.165) is 26.4 Å². The van der Waals surface area contributed by atoms with E-state index in [-0.39, 0.29) is 5.56 Å². The van der Waals surface area contributed by atoms with Gasteiger partial charge in [0.1, 0.15) is 16.7 Å². The Kier molecular flexibility index (Phi) is 4.64.